The van der Waals surface area contributed by atoms with Crippen LogP contribution in [0.1, 0.15) is 5.56 Å². The Morgan fingerprint density at radius 3 is 2.61 bits per heavy atom. The van der Waals surface area contributed by atoms with E-state index in [1.54, 1.807) is 12.1 Å². The highest BCUT2D eigenvalue weighted by Crippen LogP contribution is 2.27. The van der Waals surface area contributed by atoms with Crippen LogP contribution in [0.2, 0.25) is 0 Å². The molecule has 2 aromatic rings. The summed E-state index contributed by atoms with van der Waals surface area (Å²) in [6.45, 7) is 3.50. The third-order valence-corrected chi connectivity index (χ3v) is 2.57. The van der Waals surface area contributed by atoms with E-state index in [-0.39, 0.29) is 11.4 Å². The molecular weight excluding hydrogens is 236 g/mol. The van der Waals surface area contributed by atoms with Gasteiger partial charge in [-0.1, -0.05) is 24.8 Å². The van der Waals surface area contributed by atoms with Crippen LogP contribution in [-0.4, -0.2) is 12.1 Å². The fourth-order valence-electron chi connectivity index (χ4n) is 1.61. The van der Waals surface area contributed by atoms with Gasteiger partial charge < -0.3 is 4.74 Å². The van der Waals surface area contributed by atoms with Crippen molar-refractivity contribution in [2.75, 3.05) is 7.11 Å². The van der Waals surface area contributed by atoms with Gasteiger partial charge in [-0.15, -0.1) is 0 Å². The number of hydrogen-bond acceptors (Lipinski definition) is 2. The molecule has 0 unspecified atom stereocenters. The third kappa shape index (κ3) is 2.22. The summed E-state index contributed by atoms with van der Waals surface area (Å²) < 4.78 is 32.2. The fourth-order valence-corrected chi connectivity index (χ4v) is 1.61. The Labute approximate surface area is 104 Å². The van der Waals surface area contributed by atoms with Crippen molar-refractivity contribution in [3.05, 3.63) is 54.2 Å². The Balaban J connectivity index is 2.54. The molecular formula is C14H11F2NO. The molecule has 1 heterocycles. The number of pyridine rings is 1. The molecule has 0 atom stereocenters. The van der Waals surface area contributed by atoms with E-state index in [4.69, 9.17) is 4.74 Å². The number of benzene rings is 1. The van der Waals surface area contributed by atoms with Crippen molar-refractivity contribution < 1.29 is 13.5 Å². The predicted molar refractivity (Wildman–Crippen MR) is 66.2 cm³/mol. The van der Waals surface area contributed by atoms with Gasteiger partial charge in [-0.25, -0.2) is 13.8 Å². The van der Waals surface area contributed by atoms with Gasteiger partial charge in [0, 0.05) is 17.2 Å². The van der Waals surface area contributed by atoms with Crippen LogP contribution in [0.4, 0.5) is 8.78 Å². The van der Waals surface area contributed by atoms with Crippen molar-refractivity contribution in [1.82, 2.24) is 4.98 Å². The first kappa shape index (κ1) is 12.2. The Hall–Kier alpha value is -2.23. The lowest BCUT2D eigenvalue weighted by Crippen LogP contribution is -1.93. The summed E-state index contributed by atoms with van der Waals surface area (Å²) in [5.41, 5.74) is 1.05. The molecule has 0 bridgehead atoms. The summed E-state index contributed by atoms with van der Waals surface area (Å²) in [5.74, 6) is -0.696. The molecule has 0 spiro atoms. The van der Waals surface area contributed by atoms with Crippen LogP contribution in [0.5, 0.6) is 5.88 Å². The molecule has 1 aromatic carbocycles. The lowest BCUT2D eigenvalue weighted by molar-refractivity contribution is 0.396. The minimum atomic E-state index is -0.526. The van der Waals surface area contributed by atoms with Gasteiger partial charge in [-0.05, 0) is 11.6 Å². The lowest BCUT2D eigenvalue weighted by atomic mass is 10.0. The summed E-state index contributed by atoms with van der Waals surface area (Å²) in [6.07, 6.45) is 2.45. The Morgan fingerprint density at radius 2 is 2.00 bits per heavy atom. The fraction of sp³-hybridized carbons (Fsp3) is 0.0714. The van der Waals surface area contributed by atoms with Crippen LogP contribution >= 0.6 is 0 Å². The zero-order chi connectivity index (χ0) is 13.1. The molecule has 0 aliphatic rings. The van der Waals surface area contributed by atoms with Gasteiger partial charge >= 0.3 is 0 Å². The van der Waals surface area contributed by atoms with Crippen molar-refractivity contribution in [2.45, 2.75) is 0 Å². The summed E-state index contributed by atoms with van der Waals surface area (Å²) >= 11 is 0. The quantitative estimate of drug-likeness (QED) is 0.825. The standard InChI is InChI=1S/C14H11F2NO/c1-3-9-4-5-10(6-12(9)15)11-7-14(18-2)17-8-13(11)16/h3-8H,1H2,2H3. The monoisotopic (exact) mass is 247 g/mol. The number of nitrogens with zero attached hydrogens (tertiary/aromatic N) is 1. The highest BCUT2D eigenvalue weighted by atomic mass is 19.1. The number of halogens is 2. The van der Waals surface area contributed by atoms with E-state index in [1.807, 2.05) is 0 Å². The smallest absolute Gasteiger partial charge is 0.213 e. The molecule has 0 N–H and O–H groups in total. The van der Waals surface area contributed by atoms with Crippen LogP contribution in [-0.2, 0) is 0 Å². The number of rotatable bonds is 3. The van der Waals surface area contributed by atoms with Crippen LogP contribution in [0, 0.1) is 11.6 Å². The van der Waals surface area contributed by atoms with E-state index in [9.17, 15) is 8.78 Å². The second-order valence-electron chi connectivity index (χ2n) is 3.65. The van der Waals surface area contributed by atoms with Crippen LogP contribution in [0.25, 0.3) is 17.2 Å². The van der Waals surface area contributed by atoms with E-state index >= 15 is 0 Å². The Bertz CT molecular complexity index is 596. The van der Waals surface area contributed by atoms with Gasteiger partial charge in [0.25, 0.3) is 0 Å². The SMILES string of the molecule is C=Cc1ccc(-c2cc(OC)ncc2F)cc1F. The summed E-state index contributed by atoms with van der Waals surface area (Å²) in [6, 6.07) is 5.86. The molecule has 0 amide bonds. The van der Waals surface area contributed by atoms with Gasteiger partial charge in [-0.2, -0.15) is 0 Å². The highest BCUT2D eigenvalue weighted by Gasteiger charge is 2.09. The average molecular weight is 247 g/mol. The van der Waals surface area contributed by atoms with E-state index in [1.165, 1.54) is 25.3 Å². The summed E-state index contributed by atoms with van der Waals surface area (Å²) in [7, 11) is 1.44. The van der Waals surface area contributed by atoms with E-state index in [2.05, 4.69) is 11.6 Å². The molecule has 0 fully saturated rings. The molecule has 0 saturated carbocycles. The van der Waals surface area contributed by atoms with Crippen molar-refractivity contribution in [1.29, 1.82) is 0 Å². The van der Waals surface area contributed by atoms with Crippen molar-refractivity contribution in [2.24, 2.45) is 0 Å². The molecule has 2 rings (SSSR count). The van der Waals surface area contributed by atoms with Crippen LogP contribution in [0.15, 0.2) is 37.0 Å². The zero-order valence-corrected chi connectivity index (χ0v) is 9.78. The van der Waals surface area contributed by atoms with Gasteiger partial charge in [0.15, 0.2) is 0 Å². The predicted octanol–water partition coefficient (Wildman–Crippen LogP) is 3.68. The average Bonchev–Trinajstić information content (AvgIpc) is 2.39. The molecule has 18 heavy (non-hydrogen) atoms. The molecule has 0 aliphatic carbocycles. The van der Waals surface area contributed by atoms with Crippen LogP contribution < -0.4 is 4.74 Å². The van der Waals surface area contributed by atoms with Crippen molar-refractivity contribution in [3.8, 4) is 17.0 Å². The second-order valence-corrected chi connectivity index (χ2v) is 3.65. The Kier molecular flexibility index (Phi) is 3.37. The van der Waals surface area contributed by atoms with Crippen molar-refractivity contribution in [3.63, 3.8) is 0 Å². The van der Waals surface area contributed by atoms with Gasteiger partial charge in [-0.3, -0.25) is 0 Å². The minimum absolute atomic E-state index is 0.247. The minimum Gasteiger partial charge on any atom is -0.481 e. The zero-order valence-electron chi connectivity index (χ0n) is 9.78. The summed E-state index contributed by atoms with van der Waals surface area (Å²) in [5, 5.41) is 0. The van der Waals surface area contributed by atoms with Gasteiger partial charge in [0.05, 0.1) is 13.3 Å². The number of ether oxygens (including phenoxy) is 1. The third-order valence-electron chi connectivity index (χ3n) is 2.57. The molecule has 0 radical (unpaired) electrons. The van der Waals surface area contributed by atoms with Gasteiger partial charge in [0.1, 0.15) is 11.6 Å². The molecule has 1 aromatic heterocycles. The molecule has 4 heteroatoms. The van der Waals surface area contributed by atoms with Crippen molar-refractivity contribution >= 4 is 6.08 Å². The number of hydrogen-bond donors (Lipinski definition) is 0. The first-order valence-electron chi connectivity index (χ1n) is 5.27. The van der Waals surface area contributed by atoms with Crippen LogP contribution in [0.3, 0.4) is 0 Å². The largest absolute Gasteiger partial charge is 0.481 e. The molecule has 92 valence electrons. The maximum absolute atomic E-state index is 13.6. The molecule has 0 saturated heterocycles. The maximum Gasteiger partial charge on any atom is 0.213 e. The second kappa shape index (κ2) is 4.96. The summed E-state index contributed by atoms with van der Waals surface area (Å²) in [4.78, 5) is 3.73. The highest BCUT2D eigenvalue weighted by molar-refractivity contribution is 5.67. The topological polar surface area (TPSA) is 22.1 Å². The number of methoxy groups -OCH3 is 1. The van der Waals surface area contributed by atoms with E-state index in [0.29, 0.717) is 11.1 Å². The van der Waals surface area contributed by atoms with E-state index < -0.39 is 11.6 Å². The first-order chi connectivity index (χ1) is 8.65. The molecule has 2 nitrogen and oxygen atoms in total. The maximum atomic E-state index is 13.6. The first-order valence-corrected chi connectivity index (χ1v) is 5.27. The Morgan fingerprint density at radius 1 is 1.22 bits per heavy atom. The van der Waals surface area contributed by atoms with Gasteiger partial charge in [0.2, 0.25) is 5.88 Å². The van der Waals surface area contributed by atoms with E-state index in [0.717, 1.165) is 6.20 Å². The normalized spacial score (nSPS) is 10.2. The number of aromatic nitrogens is 1. The lowest BCUT2D eigenvalue weighted by Gasteiger charge is -2.06. The molecule has 0 aliphatic heterocycles.